The first-order chi connectivity index (χ1) is 9.13. The van der Waals surface area contributed by atoms with Gasteiger partial charge >= 0.3 is 0 Å². The molecule has 0 radical (unpaired) electrons. The quantitative estimate of drug-likeness (QED) is 0.867. The number of nitrogens with zero attached hydrogens (tertiary/aromatic N) is 2. The summed E-state index contributed by atoms with van der Waals surface area (Å²) in [6, 6.07) is 3.78. The number of ether oxygens (including phenoxy) is 1. The van der Waals surface area contributed by atoms with E-state index < -0.39 is 0 Å². The molecule has 1 aliphatic rings. The highest BCUT2D eigenvalue weighted by Crippen LogP contribution is 2.24. The van der Waals surface area contributed by atoms with Crippen LogP contribution in [0.3, 0.4) is 0 Å². The molecular weight excluding hydrogens is 285 g/mol. The van der Waals surface area contributed by atoms with E-state index in [-0.39, 0.29) is 0 Å². The molecule has 1 aromatic heterocycles. The van der Waals surface area contributed by atoms with E-state index in [2.05, 4.69) is 9.88 Å². The third kappa shape index (κ3) is 3.80. The Morgan fingerprint density at radius 1 is 1.47 bits per heavy atom. The van der Waals surface area contributed by atoms with Gasteiger partial charge < -0.3 is 10.5 Å². The SMILES string of the molecule is COC1CCN(Cc2nc(Cl)ccc2Cl)C(CN)C1. The minimum absolute atomic E-state index is 0.299. The van der Waals surface area contributed by atoms with Gasteiger partial charge in [-0.2, -0.15) is 0 Å². The van der Waals surface area contributed by atoms with Crippen molar-refractivity contribution in [3.8, 4) is 0 Å². The van der Waals surface area contributed by atoms with Crippen LogP contribution >= 0.6 is 23.2 Å². The standard InChI is InChI=1S/C13H19Cl2N3O/c1-19-10-4-5-18(9(6-10)7-16)8-12-11(14)2-3-13(15)17-12/h2-3,9-10H,4-8,16H2,1H3. The van der Waals surface area contributed by atoms with E-state index in [0.29, 0.717) is 35.4 Å². The fourth-order valence-electron chi connectivity index (χ4n) is 2.49. The highest BCUT2D eigenvalue weighted by atomic mass is 35.5. The number of methoxy groups -OCH3 is 1. The zero-order valence-corrected chi connectivity index (χ0v) is 12.5. The largest absolute Gasteiger partial charge is 0.381 e. The number of aromatic nitrogens is 1. The topological polar surface area (TPSA) is 51.4 Å². The maximum atomic E-state index is 6.16. The Morgan fingerprint density at radius 3 is 2.95 bits per heavy atom. The van der Waals surface area contributed by atoms with E-state index in [9.17, 15) is 0 Å². The highest BCUT2D eigenvalue weighted by molar-refractivity contribution is 6.32. The summed E-state index contributed by atoms with van der Waals surface area (Å²) in [5.41, 5.74) is 6.66. The molecule has 106 valence electrons. The van der Waals surface area contributed by atoms with Crippen molar-refractivity contribution in [1.82, 2.24) is 9.88 Å². The van der Waals surface area contributed by atoms with E-state index in [1.54, 1.807) is 19.2 Å². The Labute approximate surface area is 123 Å². The van der Waals surface area contributed by atoms with Crippen LogP contribution in [0.2, 0.25) is 10.2 Å². The van der Waals surface area contributed by atoms with Crippen molar-refractivity contribution in [2.45, 2.75) is 31.5 Å². The molecule has 2 N–H and O–H groups in total. The summed E-state index contributed by atoms with van der Waals surface area (Å²) >= 11 is 12.1. The number of hydrogen-bond donors (Lipinski definition) is 1. The van der Waals surface area contributed by atoms with Crippen LogP contribution in [0.5, 0.6) is 0 Å². The van der Waals surface area contributed by atoms with Crippen LogP contribution in [0.25, 0.3) is 0 Å². The van der Waals surface area contributed by atoms with Crippen molar-refractivity contribution >= 4 is 23.2 Å². The number of rotatable bonds is 4. The van der Waals surface area contributed by atoms with Crippen LogP contribution in [-0.4, -0.2) is 42.2 Å². The summed E-state index contributed by atoms with van der Waals surface area (Å²) in [5, 5.41) is 1.12. The van der Waals surface area contributed by atoms with Crippen LogP contribution in [0.4, 0.5) is 0 Å². The molecule has 0 saturated carbocycles. The molecule has 0 amide bonds. The van der Waals surface area contributed by atoms with Crippen molar-refractivity contribution in [2.24, 2.45) is 5.73 Å². The van der Waals surface area contributed by atoms with Crippen LogP contribution in [0, 0.1) is 0 Å². The van der Waals surface area contributed by atoms with Gasteiger partial charge in [0.15, 0.2) is 0 Å². The van der Waals surface area contributed by atoms with Gasteiger partial charge in [0.1, 0.15) is 5.15 Å². The Bertz CT molecular complexity index is 430. The summed E-state index contributed by atoms with van der Waals surface area (Å²) in [4.78, 5) is 6.60. The molecule has 2 heterocycles. The Morgan fingerprint density at radius 2 is 2.26 bits per heavy atom. The number of piperidine rings is 1. The lowest BCUT2D eigenvalue weighted by Crippen LogP contribution is -2.48. The normalized spacial score (nSPS) is 24.6. The number of likely N-dealkylation sites (tertiary alicyclic amines) is 1. The highest BCUT2D eigenvalue weighted by Gasteiger charge is 2.28. The monoisotopic (exact) mass is 303 g/mol. The molecule has 19 heavy (non-hydrogen) atoms. The van der Waals surface area contributed by atoms with Crippen molar-refractivity contribution in [3.05, 3.63) is 28.0 Å². The van der Waals surface area contributed by atoms with E-state index in [4.69, 9.17) is 33.7 Å². The zero-order valence-electron chi connectivity index (χ0n) is 11.0. The summed E-state index contributed by atoms with van der Waals surface area (Å²) in [6.07, 6.45) is 2.25. The Hall–Kier alpha value is -0.390. The van der Waals surface area contributed by atoms with Gasteiger partial charge in [-0.05, 0) is 25.0 Å². The number of pyridine rings is 1. The van der Waals surface area contributed by atoms with Crippen LogP contribution in [0.1, 0.15) is 18.5 Å². The molecular formula is C13H19Cl2N3O. The second-order valence-corrected chi connectivity index (χ2v) is 5.60. The number of hydrogen-bond acceptors (Lipinski definition) is 4. The third-order valence-electron chi connectivity index (χ3n) is 3.63. The lowest BCUT2D eigenvalue weighted by Gasteiger charge is -2.38. The van der Waals surface area contributed by atoms with E-state index in [1.165, 1.54) is 0 Å². The summed E-state index contributed by atoms with van der Waals surface area (Å²) in [6.45, 7) is 2.22. The van der Waals surface area contributed by atoms with Gasteiger partial charge in [-0.25, -0.2) is 4.98 Å². The molecule has 1 aromatic rings. The smallest absolute Gasteiger partial charge is 0.129 e. The number of halogens is 2. The molecule has 2 unspecified atom stereocenters. The Kier molecular flexibility index (Phi) is 5.42. The third-order valence-corrected chi connectivity index (χ3v) is 4.19. The molecule has 4 nitrogen and oxygen atoms in total. The van der Waals surface area contributed by atoms with Gasteiger partial charge in [0.05, 0.1) is 16.8 Å². The van der Waals surface area contributed by atoms with Gasteiger partial charge in [-0.1, -0.05) is 23.2 Å². The maximum Gasteiger partial charge on any atom is 0.129 e. The molecule has 0 aromatic carbocycles. The molecule has 1 saturated heterocycles. The first kappa shape index (κ1) is 15.0. The van der Waals surface area contributed by atoms with E-state index in [0.717, 1.165) is 25.1 Å². The minimum atomic E-state index is 0.299. The molecule has 6 heteroatoms. The Balaban J connectivity index is 2.07. The fourth-order valence-corrected chi connectivity index (χ4v) is 2.82. The van der Waals surface area contributed by atoms with Gasteiger partial charge in [0.25, 0.3) is 0 Å². The zero-order chi connectivity index (χ0) is 13.8. The first-order valence-electron chi connectivity index (χ1n) is 6.42. The van der Waals surface area contributed by atoms with Crippen molar-refractivity contribution in [3.63, 3.8) is 0 Å². The molecule has 0 spiro atoms. The molecule has 0 aliphatic carbocycles. The lowest BCUT2D eigenvalue weighted by molar-refractivity contribution is 0.00979. The maximum absolute atomic E-state index is 6.16. The first-order valence-corrected chi connectivity index (χ1v) is 7.17. The lowest BCUT2D eigenvalue weighted by atomic mass is 9.99. The van der Waals surface area contributed by atoms with Crippen molar-refractivity contribution in [2.75, 3.05) is 20.2 Å². The van der Waals surface area contributed by atoms with Gasteiger partial charge in [-0.15, -0.1) is 0 Å². The minimum Gasteiger partial charge on any atom is -0.381 e. The van der Waals surface area contributed by atoms with Gasteiger partial charge in [0.2, 0.25) is 0 Å². The van der Waals surface area contributed by atoms with E-state index >= 15 is 0 Å². The van der Waals surface area contributed by atoms with Crippen LogP contribution in [-0.2, 0) is 11.3 Å². The fraction of sp³-hybridized carbons (Fsp3) is 0.615. The molecule has 0 bridgehead atoms. The average Bonchev–Trinajstić information content (AvgIpc) is 2.43. The predicted octanol–water partition coefficient (Wildman–Crippen LogP) is 2.33. The second kappa shape index (κ2) is 6.86. The van der Waals surface area contributed by atoms with Gasteiger partial charge in [-0.3, -0.25) is 4.90 Å². The molecule has 2 atom stereocenters. The predicted molar refractivity (Wildman–Crippen MR) is 77.5 cm³/mol. The van der Waals surface area contributed by atoms with Gasteiger partial charge in [0, 0.05) is 32.8 Å². The molecule has 1 aliphatic heterocycles. The molecule has 2 rings (SSSR count). The summed E-state index contributed by atoms with van der Waals surface area (Å²) in [5.74, 6) is 0. The number of nitrogens with two attached hydrogens (primary N) is 1. The molecule has 1 fully saturated rings. The summed E-state index contributed by atoms with van der Waals surface area (Å²) in [7, 11) is 1.75. The average molecular weight is 304 g/mol. The van der Waals surface area contributed by atoms with Crippen LogP contribution in [0.15, 0.2) is 12.1 Å². The van der Waals surface area contributed by atoms with Crippen molar-refractivity contribution < 1.29 is 4.74 Å². The van der Waals surface area contributed by atoms with Crippen LogP contribution < -0.4 is 5.73 Å². The second-order valence-electron chi connectivity index (χ2n) is 4.80. The van der Waals surface area contributed by atoms with E-state index in [1.807, 2.05) is 0 Å². The summed E-state index contributed by atoms with van der Waals surface area (Å²) < 4.78 is 5.42. The van der Waals surface area contributed by atoms with Crippen molar-refractivity contribution in [1.29, 1.82) is 0 Å².